The van der Waals surface area contributed by atoms with Gasteiger partial charge in [-0.3, -0.25) is 0 Å². The molecule has 0 spiro atoms. The maximum atomic E-state index is 3.61. The van der Waals surface area contributed by atoms with E-state index in [9.17, 15) is 0 Å². The molecule has 0 aliphatic carbocycles. The standard InChI is InChI=1S/C10H17N/c1-5-6-10(4)7-8-11-9(2)3/h5-9,11H,1H2,2-4H3/b8-7-,10-6-. The van der Waals surface area contributed by atoms with Gasteiger partial charge in [0.2, 0.25) is 0 Å². The first kappa shape index (κ1) is 10.0. The van der Waals surface area contributed by atoms with Crippen molar-refractivity contribution >= 4 is 0 Å². The largest absolute Gasteiger partial charge is 0.389 e. The number of nitrogens with one attached hydrogen (secondary N) is 1. The normalized spacial score (nSPS) is 12.5. The number of allylic oxidation sites excluding steroid dienone is 4. The van der Waals surface area contributed by atoms with Crippen molar-refractivity contribution in [2.75, 3.05) is 0 Å². The molecule has 0 amide bonds. The predicted octanol–water partition coefficient (Wildman–Crippen LogP) is 2.63. The minimum atomic E-state index is 0.503. The van der Waals surface area contributed by atoms with Gasteiger partial charge in [-0.15, -0.1) is 0 Å². The summed E-state index contributed by atoms with van der Waals surface area (Å²) in [4.78, 5) is 0. The van der Waals surface area contributed by atoms with Crippen LogP contribution in [-0.2, 0) is 0 Å². The lowest BCUT2D eigenvalue weighted by molar-refractivity contribution is 0.702. The Morgan fingerprint density at radius 3 is 2.55 bits per heavy atom. The zero-order chi connectivity index (χ0) is 8.69. The fourth-order valence-corrected chi connectivity index (χ4v) is 0.613. The molecule has 1 N–H and O–H groups in total. The fourth-order valence-electron chi connectivity index (χ4n) is 0.613. The van der Waals surface area contributed by atoms with Gasteiger partial charge in [-0.05, 0) is 38.6 Å². The Kier molecular flexibility index (Phi) is 5.26. The molecule has 0 radical (unpaired) electrons. The smallest absolute Gasteiger partial charge is 0.0199 e. The summed E-state index contributed by atoms with van der Waals surface area (Å²) >= 11 is 0. The van der Waals surface area contributed by atoms with Crippen molar-refractivity contribution in [2.24, 2.45) is 0 Å². The number of rotatable bonds is 4. The Labute approximate surface area is 69.5 Å². The summed E-state index contributed by atoms with van der Waals surface area (Å²) in [6, 6.07) is 0.503. The van der Waals surface area contributed by atoms with Crippen molar-refractivity contribution in [3.63, 3.8) is 0 Å². The summed E-state index contributed by atoms with van der Waals surface area (Å²) < 4.78 is 0. The van der Waals surface area contributed by atoms with Crippen LogP contribution in [0.4, 0.5) is 0 Å². The van der Waals surface area contributed by atoms with E-state index in [0.29, 0.717) is 6.04 Å². The van der Waals surface area contributed by atoms with Gasteiger partial charge in [0.05, 0.1) is 0 Å². The Hall–Kier alpha value is -0.980. The fraction of sp³-hybridized carbons (Fsp3) is 0.400. The molecule has 0 aliphatic rings. The quantitative estimate of drug-likeness (QED) is 0.609. The summed E-state index contributed by atoms with van der Waals surface area (Å²) in [5.74, 6) is 0. The minimum absolute atomic E-state index is 0.503. The molecule has 0 aromatic rings. The predicted molar refractivity (Wildman–Crippen MR) is 51.4 cm³/mol. The van der Waals surface area contributed by atoms with Crippen molar-refractivity contribution in [1.29, 1.82) is 0 Å². The molecule has 1 heteroatoms. The SMILES string of the molecule is C=C/C=C(C)\C=C/NC(C)C. The molecule has 0 bridgehead atoms. The third-order valence-corrected chi connectivity index (χ3v) is 1.16. The van der Waals surface area contributed by atoms with Gasteiger partial charge < -0.3 is 5.32 Å². The highest BCUT2D eigenvalue weighted by Gasteiger charge is 1.83. The molecule has 62 valence electrons. The molecular formula is C10H17N. The van der Waals surface area contributed by atoms with E-state index in [1.54, 1.807) is 6.08 Å². The van der Waals surface area contributed by atoms with Gasteiger partial charge in [0, 0.05) is 6.04 Å². The van der Waals surface area contributed by atoms with Crippen LogP contribution in [0.2, 0.25) is 0 Å². The number of hydrogen-bond donors (Lipinski definition) is 1. The second kappa shape index (κ2) is 5.78. The van der Waals surface area contributed by atoms with Crippen LogP contribution < -0.4 is 5.32 Å². The van der Waals surface area contributed by atoms with Gasteiger partial charge in [0.25, 0.3) is 0 Å². The molecule has 0 aliphatic heterocycles. The minimum Gasteiger partial charge on any atom is -0.389 e. The second-order valence-electron chi connectivity index (χ2n) is 2.80. The molecule has 0 saturated heterocycles. The van der Waals surface area contributed by atoms with E-state index in [0.717, 1.165) is 0 Å². The molecule has 11 heavy (non-hydrogen) atoms. The molecule has 0 aromatic carbocycles. The lowest BCUT2D eigenvalue weighted by Gasteiger charge is -2.02. The first-order chi connectivity index (χ1) is 5.16. The van der Waals surface area contributed by atoms with E-state index in [1.807, 2.05) is 25.3 Å². The molecule has 0 aromatic heterocycles. The van der Waals surface area contributed by atoms with Crippen LogP contribution in [-0.4, -0.2) is 6.04 Å². The summed E-state index contributed by atoms with van der Waals surface area (Å²) in [5, 5.41) is 3.18. The number of hydrogen-bond acceptors (Lipinski definition) is 1. The van der Waals surface area contributed by atoms with E-state index >= 15 is 0 Å². The van der Waals surface area contributed by atoms with Gasteiger partial charge in [-0.25, -0.2) is 0 Å². The lowest BCUT2D eigenvalue weighted by atomic mass is 10.3. The molecule has 1 nitrogen and oxygen atoms in total. The maximum absolute atomic E-state index is 3.61. The molecule has 0 rings (SSSR count). The third-order valence-electron chi connectivity index (χ3n) is 1.16. The monoisotopic (exact) mass is 151 g/mol. The summed E-state index contributed by atoms with van der Waals surface area (Å²) in [6.07, 6.45) is 7.75. The highest BCUT2D eigenvalue weighted by Crippen LogP contribution is 1.93. The summed E-state index contributed by atoms with van der Waals surface area (Å²) in [5.41, 5.74) is 1.20. The molecule has 0 atom stereocenters. The first-order valence-corrected chi connectivity index (χ1v) is 3.88. The molecule has 0 saturated carbocycles. The topological polar surface area (TPSA) is 12.0 Å². The van der Waals surface area contributed by atoms with Gasteiger partial charge in [0.15, 0.2) is 0 Å². The first-order valence-electron chi connectivity index (χ1n) is 3.88. The van der Waals surface area contributed by atoms with E-state index in [4.69, 9.17) is 0 Å². The Morgan fingerprint density at radius 2 is 2.09 bits per heavy atom. The van der Waals surface area contributed by atoms with E-state index in [-0.39, 0.29) is 0 Å². The summed E-state index contributed by atoms with van der Waals surface area (Å²) in [6.45, 7) is 9.87. The highest BCUT2D eigenvalue weighted by molar-refractivity contribution is 5.19. The average Bonchev–Trinajstić information content (AvgIpc) is 1.87. The average molecular weight is 151 g/mol. The van der Waals surface area contributed by atoms with Crippen molar-refractivity contribution < 1.29 is 0 Å². The highest BCUT2D eigenvalue weighted by atomic mass is 14.9. The van der Waals surface area contributed by atoms with E-state index < -0.39 is 0 Å². The van der Waals surface area contributed by atoms with Crippen LogP contribution in [0, 0.1) is 0 Å². The second-order valence-corrected chi connectivity index (χ2v) is 2.80. The Balaban J connectivity index is 3.73. The van der Waals surface area contributed by atoms with Gasteiger partial charge in [-0.2, -0.15) is 0 Å². The van der Waals surface area contributed by atoms with Gasteiger partial charge in [-0.1, -0.05) is 18.7 Å². The van der Waals surface area contributed by atoms with Crippen molar-refractivity contribution in [3.05, 3.63) is 36.6 Å². The van der Waals surface area contributed by atoms with Crippen LogP contribution in [0.5, 0.6) is 0 Å². The zero-order valence-electron chi connectivity index (χ0n) is 7.59. The van der Waals surface area contributed by atoms with Gasteiger partial charge in [0.1, 0.15) is 0 Å². The van der Waals surface area contributed by atoms with Crippen molar-refractivity contribution in [3.8, 4) is 0 Å². The van der Waals surface area contributed by atoms with Gasteiger partial charge >= 0.3 is 0 Å². The van der Waals surface area contributed by atoms with Crippen molar-refractivity contribution in [1.82, 2.24) is 5.32 Å². The van der Waals surface area contributed by atoms with Crippen LogP contribution in [0.25, 0.3) is 0 Å². The van der Waals surface area contributed by atoms with E-state index in [1.165, 1.54) is 5.57 Å². The lowest BCUT2D eigenvalue weighted by Crippen LogP contribution is -2.14. The molecule has 0 fully saturated rings. The van der Waals surface area contributed by atoms with E-state index in [2.05, 4.69) is 25.7 Å². The van der Waals surface area contributed by atoms with Crippen LogP contribution >= 0.6 is 0 Å². The molecule has 0 heterocycles. The Morgan fingerprint density at radius 1 is 1.45 bits per heavy atom. The van der Waals surface area contributed by atoms with Crippen LogP contribution in [0.15, 0.2) is 36.6 Å². The maximum Gasteiger partial charge on any atom is 0.0199 e. The van der Waals surface area contributed by atoms with Crippen LogP contribution in [0.1, 0.15) is 20.8 Å². The van der Waals surface area contributed by atoms with Crippen LogP contribution in [0.3, 0.4) is 0 Å². The zero-order valence-corrected chi connectivity index (χ0v) is 7.59. The Bertz CT molecular complexity index is 164. The van der Waals surface area contributed by atoms with Crippen molar-refractivity contribution in [2.45, 2.75) is 26.8 Å². The summed E-state index contributed by atoms with van der Waals surface area (Å²) in [7, 11) is 0. The molecular weight excluding hydrogens is 134 g/mol. The molecule has 0 unspecified atom stereocenters. The third kappa shape index (κ3) is 6.91.